The van der Waals surface area contributed by atoms with Gasteiger partial charge in [-0.15, -0.1) is 11.3 Å². The van der Waals surface area contributed by atoms with Crippen molar-refractivity contribution in [2.24, 2.45) is 11.8 Å². The molecule has 0 amide bonds. The zero-order chi connectivity index (χ0) is 14.2. The summed E-state index contributed by atoms with van der Waals surface area (Å²) in [7, 11) is 0. The van der Waals surface area contributed by atoms with Crippen molar-refractivity contribution < 1.29 is 0 Å². The van der Waals surface area contributed by atoms with Crippen LogP contribution in [0.4, 0.5) is 0 Å². The van der Waals surface area contributed by atoms with Crippen molar-refractivity contribution in [1.29, 1.82) is 0 Å². The van der Waals surface area contributed by atoms with Crippen LogP contribution in [0.5, 0.6) is 0 Å². The lowest BCUT2D eigenvalue weighted by Gasteiger charge is -2.33. The van der Waals surface area contributed by atoms with Gasteiger partial charge in [0.25, 0.3) is 0 Å². The van der Waals surface area contributed by atoms with Crippen LogP contribution in [-0.4, -0.2) is 15.0 Å². The number of hydrogen-bond donors (Lipinski definition) is 0. The van der Waals surface area contributed by atoms with Gasteiger partial charge in [-0.05, 0) is 49.1 Å². The Kier molecular flexibility index (Phi) is 3.67. The van der Waals surface area contributed by atoms with Crippen molar-refractivity contribution in [1.82, 2.24) is 15.0 Å². The van der Waals surface area contributed by atoms with Crippen LogP contribution in [0.3, 0.4) is 0 Å². The van der Waals surface area contributed by atoms with Crippen LogP contribution in [0.25, 0.3) is 10.6 Å². The molecule has 3 nitrogen and oxygen atoms in total. The monoisotopic (exact) mass is 319 g/mol. The first-order valence-electron chi connectivity index (χ1n) is 7.76. The highest BCUT2D eigenvalue weighted by atomic mass is 35.5. The SMILES string of the molecule is Clc1ncc(-c2nc3c(s2)CCC(C2CCC2)CC3)cn1. The summed E-state index contributed by atoms with van der Waals surface area (Å²) in [4.78, 5) is 14.4. The van der Waals surface area contributed by atoms with E-state index in [1.165, 1.54) is 49.1 Å². The summed E-state index contributed by atoms with van der Waals surface area (Å²) in [5.74, 6) is 1.94. The van der Waals surface area contributed by atoms with E-state index in [-0.39, 0.29) is 0 Å². The molecule has 2 aromatic heterocycles. The molecule has 2 aliphatic rings. The minimum atomic E-state index is 0.292. The van der Waals surface area contributed by atoms with Gasteiger partial charge in [-0.25, -0.2) is 15.0 Å². The molecule has 0 bridgehead atoms. The molecule has 2 heterocycles. The van der Waals surface area contributed by atoms with E-state index >= 15 is 0 Å². The van der Waals surface area contributed by atoms with E-state index in [0.717, 1.165) is 28.8 Å². The lowest BCUT2D eigenvalue weighted by atomic mass is 9.73. The Balaban J connectivity index is 1.53. The molecule has 0 spiro atoms. The molecule has 0 saturated heterocycles. The molecule has 1 fully saturated rings. The van der Waals surface area contributed by atoms with Gasteiger partial charge in [-0.1, -0.05) is 19.3 Å². The van der Waals surface area contributed by atoms with Gasteiger partial charge < -0.3 is 0 Å². The number of aryl methyl sites for hydroxylation is 2. The highest BCUT2D eigenvalue weighted by Gasteiger charge is 2.29. The zero-order valence-corrected chi connectivity index (χ0v) is 13.5. The molecule has 0 N–H and O–H groups in total. The van der Waals surface area contributed by atoms with Crippen LogP contribution in [0.2, 0.25) is 5.28 Å². The van der Waals surface area contributed by atoms with E-state index in [0.29, 0.717) is 5.28 Å². The standard InChI is InChI=1S/C16H18ClN3S/c17-16-18-8-12(9-19-16)15-20-13-6-4-11(10-2-1-3-10)5-7-14(13)21-15/h8-11H,1-7H2. The lowest BCUT2D eigenvalue weighted by Crippen LogP contribution is -2.22. The summed E-state index contributed by atoms with van der Waals surface area (Å²) < 4.78 is 0. The number of fused-ring (bicyclic) bond motifs is 1. The van der Waals surface area contributed by atoms with Crippen molar-refractivity contribution in [3.05, 3.63) is 28.2 Å². The molecule has 2 aliphatic carbocycles. The highest BCUT2D eigenvalue weighted by molar-refractivity contribution is 7.15. The first-order chi connectivity index (χ1) is 10.3. The van der Waals surface area contributed by atoms with Crippen molar-refractivity contribution >= 4 is 22.9 Å². The summed E-state index contributed by atoms with van der Waals surface area (Å²) in [6.07, 6.45) is 12.9. The molecular weight excluding hydrogens is 302 g/mol. The zero-order valence-electron chi connectivity index (χ0n) is 11.9. The number of thiazole rings is 1. The van der Waals surface area contributed by atoms with Gasteiger partial charge in [0.15, 0.2) is 0 Å². The topological polar surface area (TPSA) is 38.7 Å². The fourth-order valence-corrected chi connectivity index (χ4v) is 4.68. The Morgan fingerprint density at radius 3 is 2.43 bits per heavy atom. The summed E-state index contributed by atoms with van der Waals surface area (Å²) in [5.41, 5.74) is 2.29. The average Bonchev–Trinajstić information content (AvgIpc) is 2.75. The molecule has 1 saturated carbocycles. The van der Waals surface area contributed by atoms with Gasteiger partial charge >= 0.3 is 0 Å². The normalized spacial score (nSPS) is 22.4. The van der Waals surface area contributed by atoms with Crippen LogP contribution in [-0.2, 0) is 12.8 Å². The Hall–Kier alpha value is -1.00. The van der Waals surface area contributed by atoms with E-state index in [9.17, 15) is 0 Å². The summed E-state index contributed by atoms with van der Waals surface area (Å²) in [6, 6.07) is 0. The molecule has 1 atom stereocenters. The first kappa shape index (κ1) is 13.6. The van der Waals surface area contributed by atoms with E-state index in [1.807, 2.05) is 11.3 Å². The van der Waals surface area contributed by atoms with Crippen LogP contribution >= 0.6 is 22.9 Å². The van der Waals surface area contributed by atoms with Crippen molar-refractivity contribution in [2.75, 3.05) is 0 Å². The fraction of sp³-hybridized carbons (Fsp3) is 0.562. The second kappa shape index (κ2) is 5.65. The largest absolute Gasteiger partial charge is 0.241 e. The minimum Gasteiger partial charge on any atom is -0.241 e. The van der Waals surface area contributed by atoms with Gasteiger partial charge in [0, 0.05) is 22.8 Å². The summed E-state index contributed by atoms with van der Waals surface area (Å²) in [6.45, 7) is 0. The van der Waals surface area contributed by atoms with Crippen molar-refractivity contribution in [3.63, 3.8) is 0 Å². The van der Waals surface area contributed by atoms with Crippen LogP contribution in [0, 0.1) is 11.8 Å². The Morgan fingerprint density at radius 2 is 1.71 bits per heavy atom. The van der Waals surface area contributed by atoms with Crippen LogP contribution in [0.15, 0.2) is 12.4 Å². The summed E-state index contributed by atoms with van der Waals surface area (Å²) >= 11 is 7.56. The fourth-order valence-electron chi connectivity index (χ4n) is 3.49. The quantitative estimate of drug-likeness (QED) is 0.602. The van der Waals surface area contributed by atoms with E-state index in [2.05, 4.69) is 9.97 Å². The molecule has 110 valence electrons. The number of rotatable bonds is 2. The molecule has 4 rings (SSSR count). The average molecular weight is 320 g/mol. The third kappa shape index (κ3) is 2.71. The highest BCUT2D eigenvalue weighted by Crippen LogP contribution is 2.41. The number of hydrogen-bond acceptors (Lipinski definition) is 4. The van der Waals surface area contributed by atoms with Crippen molar-refractivity contribution in [2.45, 2.75) is 44.9 Å². The van der Waals surface area contributed by atoms with E-state index < -0.39 is 0 Å². The molecule has 2 aromatic rings. The van der Waals surface area contributed by atoms with Crippen molar-refractivity contribution in [3.8, 4) is 10.6 Å². The van der Waals surface area contributed by atoms with Gasteiger partial charge in [0.05, 0.1) is 5.69 Å². The number of aromatic nitrogens is 3. The smallest absolute Gasteiger partial charge is 0.222 e. The predicted molar refractivity (Wildman–Crippen MR) is 85.6 cm³/mol. The molecule has 0 aromatic carbocycles. The predicted octanol–water partition coefficient (Wildman–Crippen LogP) is 4.55. The molecule has 1 unspecified atom stereocenters. The van der Waals surface area contributed by atoms with E-state index in [4.69, 9.17) is 16.6 Å². The second-order valence-corrected chi connectivity index (χ2v) is 7.58. The molecule has 0 radical (unpaired) electrons. The van der Waals surface area contributed by atoms with E-state index in [1.54, 1.807) is 12.4 Å². The maximum atomic E-state index is 5.75. The molecule has 5 heteroatoms. The Labute approximate surface area is 133 Å². The third-order valence-corrected chi connectivity index (χ3v) is 6.36. The number of halogens is 1. The Bertz CT molecular complexity index is 608. The van der Waals surface area contributed by atoms with Gasteiger partial charge in [0.2, 0.25) is 5.28 Å². The van der Waals surface area contributed by atoms with Gasteiger partial charge in [0.1, 0.15) is 5.01 Å². The summed E-state index contributed by atoms with van der Waals surface area (Å²) in [5, 5.41) is 1.33. The number of nitrogens with zero attached hydrogens (tertiary/aromatic N) is 3. The molecule has 0 aliphatic heterocycles. The minimum absolute atomic E-state index is 0.292. The molecular formula is C16H18ClN3S. The van der Waals surface area contributed by atoms with Gasteiger partial charge in [-0.2, -0.15) is 0 Å². The van der Waals surface area contributed by atoms with Crippen LogP contribution < -0.4 is 0 Å². The second-order valence-electron chi connectivity index (χ2n) is 6.16. The third-order valence-electron chi connectivity index (χ3n) is 4.96. The maximum Gasteiger partial charge on any atom is 0.222 e. The first-order valence-corrected chi connectivity index (χ1v) is 8.95. The van der Waals surface area contributed by atoms with Crippen LogP contribution in [0.1, 0.15) is 42.7 Å². The maximum absolute atomic E-state index is 5.75. The Morgan fingerprint density at radius 1 is 1.00 bits per heavy atom. The lowest BCUT2D eigenvalue weighted by molar-refractivity contribution is 0.188. The molecule has 21 heavy (non-hydrogen) atoms. The van der Waals surface area contributed by atoms with Gasteiger partial charge in [-0.3, -0.25) is 0 Å².